The maximum Gasteiger partial charge on any atom is 0.257 e. The highest BCUT2D eigenvalue weighted by Crippen LogP contribution is 2.20. The second-order valence-corrected chi connectivity index (χ2v) is 4.21. The van der Waals surface area contributed by atoms with Crippen LogP contribution in [-0.4, -0.2) is 13.0 Å². The molecule has 0 aliphatic rings. The monoisotopic (exact) mass is 279 g/mol. The van der Waals surface area contributed by atoms with E-state index in [-0.39, 0.29) is 10.6 Å². The molecule has 2 rings (SSSR count). The first-order valence-electron chi connectivity index (χ1n) is 5.50. The van der Waals surface area contributed by atoms with Gasteiger partial charge >= 0.3 is 0 Å². The minimum absolute atomic E-state index is 0.0750. The van der Waals surface area contributed by atoms with Crippen LogP contribution in [0.25, 0.3) is 0 Å². The van der Waals surface area contributed by atoms with E-state index in [4.69, 9.17) is 16.3 Å². The van der Waals surface area contributed by atoms with E-state index in [9.17, 15) is 9.18 Å². The smallest absolute Gasteiger partial charge is 0.257 e. The average molecular weight is 280 g/mol. The van der Waals surface area contributed by atoms with Crippen LogP contribution in [0.3, 0.4) is 0 Å². The highest BCUT2D eigenvalue weighted by Gasteiger charge is 2.11. The van der Waals surface area contributed by atoms with Crippen molar-refractivity contribution in [1.82, 2.24) is 0 Å². The predicted octanol–water partition coefficient (Wildman–Crippen LogP) is 3.74. The number of ether oxygens (including phenoxy) is 1. The molecule has 1 amide bonds. The molecule has 0 spiro atoms. The summed E-state index contributed by atoms with van der Waals surface area (Å²) in [5.41, 5.74) is 0.824. The standard InChI is InChI=1S/C14H11ClFNO2/c1-19-11-5-3-10(4-6-11)17-14(18)12-7-2-9(16)8-13(12)15/h2-8H,1H3,(H,17,18). The molecule has 0 fully saturated rings. The number of hydrogen-bond acceptors (Lipinski definition) is 2. The molecule has 2 aromatic rings. The van der Waals surface area contributed by atoms with Gasteiger partial charge in [-0.1, -0.05) is 11.6 Å². The molecule has 0 unspecified atom stereocenters. The van der Waals surface area contributed by atoms with Crippen molar-refractivity contribution in [3.8, 4) is 5.75 Å². The van der Waals surface area contributed by atoms with Crippen molar-refractivity contribution in [2.45, 2.75) is 0 Å². The molecule has 2 aromatic carbocycles. The average Bonchev–Trinajstić information content (AvgIpc) is 2.39. The Balaban J connectivity index is 2.15. The zero-order valence-electron chi connectivity index (χ0n) is 10.1. The molecule has 1 N–H and O–H groups in total. The summed E-state index contributed by atoms with van der Waals surface area (Å²) in [6.07, 6.45) is 0. The van der Waals surface area contributed by atoms with E-state index in [0.29, 0.717) is 11.4 Å². The number of nitrogens with one attached hydrogen (secondary N) is 1. The lowest BCUT2D eigenvalue weighted by molar-refractivity contribution is 0.102. The molecular weight excluding hydrogens is 269 g/mol. The lowest BCUT2D eigenvalue weighted by atomic mass is 10.2. The minimum Gasteiger partial charge on any atom is -0.497 e. The first-order valence-corrected chi connectivity index (χ1v) is 5.88. The van der Waals surface area contributed by atoms with E-state index in [0.717, 1.165) is 6.07 Å². The van der Waals surface area contributed by atoms with Crippen LogP contribution in [0, 0.1) is 5.82 Å². The highest BCUT2D eigenvalue weighted by atomic mass is 35.5. The Morgan fingerprint density at radius 3 is 2.47 bits per heavy atom. The molecule has 0 aliphatic heterocycles. The molecule has 0 heterocycles. The molecule has 0 bridgehead atoms. The first-order chi connectivity index (χ1) is 9.10. The minimum atomic E-state index is -0.481. The van der Waals surface area contributed by atoms with Crippen molar-refractivity contribution >= 4 is 23.2 Å². The van der Waals surface area contributed by atoms with E-state index in [1.807, 2.05) is 0 Å². The van der Waals surface area contributed by atoms with Crippen molar-refractivity contribution in [1.29, 1.82) is 0 Å². The molecule has 19 heavy (non-hydrogen) atoms. The predicted molar refractivity (Wildman–Crippen MR) is 72.4 cm³/mol. The molecule has 5 heteroatoms. The van der Waals surface area contributed by atoms with Gasteiger partial charge in [0.1, 0.15) is 11.6 Å². The number of halogens is 2. The zero-order valence-corrected chi connectivity index (χ0v) is 10.9. The molecule has 0 saturated heterocycles. The third kappa shape index (κ3) is 3.23. The Hall–Kier alpha value is -2.07. The van der Waals surface area contributed by atoms with Crippen molar-refractivity contribution < 1.29 is 13.9 Å². The van der Waals surface area contributed by atoms with Crippen LogP contribution < -0.4 is 10.1 Å². The molecule has 3 nitrogen and oxygen atoms in total. The number of hydrogen-bond donors (Lipinski definition) is 1. The van der Waals surface area contributed by atoms with Gasteiger partial charge in [-0.3, -0.25) is 4.79 Å². The van der Waals surface area contributed by atoms with Crippen LogP contribution in [0.5, 0.6) is 5.75 Å². The van der Waals surface area contributed by atoms with E-state index in [2.05, 4.69) is 5.32 Å². The quantitative estimate of drug-likeness (QED) is 0.929. The van der Waals surface area contributed by atoms with Gasteiger partial charge < -0.3 is 10.1 Å². The molecule has 0 radical (unpaired) electrons. The molecule has 98 valence electrons. The highest BCUT2D eigenvalue weighted by molar-refractivity contribution is 6.34. The van der Waals surface area contributed by atoms with E-state index in [1.54, 1.807) is 31.4 Å². The van der Waals surface area contributed by atoms with Crippen molar-refractivity contribution in [3.63, 3.8) is 0 Å². The third-order valence-electron chi connectivity index (χ3n) is 2.52. The molecule has 0 aliphatic carbocycles. The van der Waals surface area contributed by atoms with Crippen LogP contribution in [0.2, 0.25) is 5.02 Å². The SMILES string of the molecule is COc1ccc(NC(=O)c2ccc(F)cc2Cl)cc1. The molecule has 0 aromatic heterocycles. The van der Waals surface area contributed by atoms with Crippen LogP contribution in [0.15, 0.2) is 42.5 Å². The van der Waals surface area contributed by atoms with Crippen LogP contribution >= 0.6 is 11.6 Å². The van der Waals surface area contributed by atoms with Gasteiger partial charge in [0.15, 0.2) is 0 Å². The summed E-state index contributed by atoms with van der Waals surface area (Å²) < 4.78 is 17.9. The maximum atomic E-state index is 12.9. The van der Waals surface area contributed by atoms with Gasteiger partial charge in [-0.15, -0.1) is 0 Å². The van der Waals surface area contributed by atoms with Gasteiger partial charge in [0.25, 0.3) is 5.91 Å². The summed E-state index contributed by atoms with van der Waals surface area (Å²) in [6.45, 7) is 0. The van der Waals surface area contributed by atoms with E-state index in [1.165, 1.54) is 12.1 Å². The van der Waals surface area contributed by atoms with Crippen LogP contribution in [0.4, 0.5) is 10.1 Å². The summed E-state index contributed by atoms with van der Waals surface area (Å²) in [5, 5.41) is 2.74. The second-order valence-electron chi connectivity index (χ2n) is 3.81. The Kier molecular flexibility index (Phi) is 4.02. The van der Waals surface area contributed by atoms with Crippen molar-refractivity contribution in [3.05, 3.63) is 58.9 Å². The Morgan fingerprint density at radius 1 is 1.21 bits per heavy atom. The summed E-state index contributed by atoms with van der Waals surface area (Å²) in [4.78, 5) is 12.0. The number of amides is 1. The van der Waals surface area contributed by atoms with Gasteiger partial charge in [0, 0.05) is 5.69 Å². The van der Waals surface area contributed by atoms with Gasteiger partial charge in [-0.25, -0.2) is 4.39 Å². The number of carbonyl (C=O) groups excluding carboxylic acids is 1. The zero-order chi connectivity index (χ0) is 13.8. The van der Waals surface area contributed by atoms with E-state index < -0.39 is 11.7 Å². The van der Waals surface area contributed by atoms with Gasteiger partial charge in [-0.2, -0.15) is 0 Å². The fraction of sp³-hybridized carbons (Fsp3) is 0.0714. The summed E-state index contributed by atoms with van der Waals surface area (Å²) in [6, 6.07) is 10.5. The summed E-state index contributed by atoms with van der Waals surface area (Å²) in [5.74, 6) is -0.182. The topological polar surface area (TPSA) is 38.3 Å². The lowest BCUT2D eigenvalue weighted by Gasteiger charge is -2.07. The Morgan fingerprint density at radius 2 is 1.89 bits per heavy atom. The molecular formula is C14H11ClFNO2. The largest absolute Gasteiger partial charge is 0.497 e. The fourth-order valence-electron chi connectivity index (χ4n) is 1.55. The van der Waals surface area contributed by atoms with Crippen LogP contribution in [-0.2, 0) is 0 Å². The summed E-state index contributed by atoms with van der Waals surface area (Å²) >= 11 is 5.82. The Bertz CT molecular complexity index is 599. The normalized spacial score (nSPS) is 10.1. The lowest BCUT2D eigenvalue weighted by Crippen LogP contribution is -2.12. The van der Waals surface area contributed by atoms with Gasteiger partial charge in [-0.05, 0) is 42.5 Å². The van der Waals surface area contributed by atoms with Gasteiger partial charge in [0.05, 0.1) is 17.7 Å². The van der Waals surface area contributed by atoms with Gasteiger partial charge in [0.2, 0.25) is 0 Å². The van der Waals surface area contributed by atoms with E-state index >= 15 is 0 Å². The first kappa shape index (κ1) is 13.4. The number of carbonyl (C=O) groups is 1. The second kappa shape index (κ2) is 5.71. The number of methoxy groups -OCH3 is 1. The fourth-order valence-corrected chi connectivity index (χ4v) is 1.80. The number of anilines is 1. The summed E-state index contributed by atoms with van der Waals surface area (Å²) in [7, 11) is 1.56. The molecule has 0 atom stereocenters. The van der Waals surface area contributed by atoms with Crippen molar-refractivity contribution in [2.75, 3.05) is 12.4 Å². The maximum absolute atomic E-state index is 12.9. The Labute approximate surface area is 115 Å². The van der Waals surface area contributed by atoms with Crippen LogP contribution in [0.1, 0.15) is 10.4 Å². The number of benzene rings is 2. The molecule has 0 saturated carbocycles. The number of rotatable bonds is 3. The third-order valence-corrected chi connectivity index (χ3v) is 2.84. The van der Waals surface area contributed by atoms with Crippen molar-refractivity contribution in [2.24, 2.45) is 0 Å².